The third kappa shape index (κ3) is 2.22. The maximum atomic E-state index is 11.7. The first-order chi connectivity index (χ1) is 7.74. The standard InChI is InChI=1S/C14H24O3/c1-9(2)12(15)16-11-8-10-6-7-14(11,5)17-13(10,3)4/h9-11H,6-8H2,1-5H3/t10-,11+,14+/m0/s1. The number of hydrogen-bond donors (Lipinski definition) is 0. The minimum Gasteiger partial charge on any atom is -0.459 e. The van der Waals surface area contributed by atoms with Crippen molar-refractivity contribution in [1.29, 1.82) is 0 Å². The molecule has 0 aromatic carbocycles. The van der Waals surface area contributed by atoms with Crippen molar-refractivity contribution in [2.24, 2.45) is 11.8 Å². The molecule has 3 nitrogen and oxygen atoms in total. The van der Waals surface area contributed by atoms with Crippen molar-refractivity contribution in [2.45, 2.75) is 71.2 Å². The number of rotatable bonds is 2. The van der Waals surface area contributed by atoms with E-state index in [2.05, 4.69) is 20.8 Å². The monoisotopic (exact) mass is 240 g/mol. The second kappa shape index (κ2) is 3.98. The summed E-state index contributed by atoms with van der Waals surface area (Å²) in [6.07, 6.45) is 3.06. The summed E-state index contributed by atoms with van der Waals surface area (Å²) < 4.78 is 11.8. The lowest BCUT2D eigenvalue weighted by molar-refractivity contribution is -0.278. The summed E-state index contributed by atoms with van der Waals surface area (Å²) in [5.41, 5.74) is -0.365. The maximum absolute atomic E-state index is 11.7. The van der Waals surface area contributed by atoms with Gasteiger partial charge in [0.05, 0.1) is 11.5 Å². The Labute approximate surface area is 104 Å². The number of carbonyl (C=O) groups excluding carboxylic acids is 1. The van der Waals surface area contributed by atoms with E-state index in [1.54, 1.807) is 0 Å². The molecule has 98 valence electrons. The smallest absolute Gasteiger partial charge is 0.308 e. The molecule has 0 unspecified atom stereocenters. The number of carbonyl (C=O) groups is 1. The van der Waals surface area contributed by atoms with Gasteiger partial charge in [0.2, 0.25) is 0 Å². The lowest BCUT2D eigenvalue weighted by Gasteiger charge is -2.57. The third-order valence-corrected chi connectivity index (χ3v) is 4.38. The molecule has 0 N–H and O–H groups in total. The second-order valence-corrected chi connectivity index (χ2v) is 6.57. The van der Waals surface area contributed by atoms with Gasteiger partial charge in [0.25, 0.3) is 0 Å². The molecule has 3 aliphatic rings. The molecule has 3 atom stereocenters. The van der Waals surface area contributed by atoms with Crippen LogP contribution >= 0.6 is 0 Å². The van der Waals surface area contributed by atoms with Gasteiger partial charge in [-0.05, 0) is 46.0 Å². The Morgan fingerprint density at radius 3 is 2.47 bits per heavy atom. The number of ether oxygens (including phenoxy) is 2. The molecule has 0 aromatic heterocycles. The van der Waals surface area contributed by atoms with E-state index in [0.29, 0.717) is 5.92 Å². The summed E-state index contributed by atoms with van der Waals surface area (Å²) in [6.45, 7) is 10.1. The molecule has 0 amide bonds. The average Bonchev–Trinajstić information content (AvgIpc) is 2.18. The average molecular weight is 240 g/mol. The molecule has 0 aromatic rings. The first-order valence-electron chi connectivity index (χ1n) is 6.65. The van der Waals surface area contributed by atoms with Crippen molar-refractivity contribution >= 4 is 5.97 Å². The molecule has 3 fully saturated rings. The van der Waals surface area contributed by atoms with E-state index in [9.17, 15) is 4.79 Å². The van der Waals surface area contributed by atoms with Crippen LogP contribution < -0.4 is 0 Å². The van der Waals surface area contributed by atoms with Crippen LogP contribution in [0.3, 0.4) is 0 Å². The van der Waals surface area contributed by atoms with Gasteiger partial charge in [0, 0.05) is 0 Å². The Morgan fingerprint density at radius 1 is 1.35 bits per heavy atom. The lowest BCUT2D eigenvalue weighted by Crippen LogP contribution is -2.62. The fourth-order valence-electron chi connectivity index (χ4n) is 3.13. The third-order valence-electron chi connectivity index (χ3n) is 4.38. The lowest BCUT2D eigenvalue weighted by atomic mass is 9.67. The second-order valence-electron chi connectivity index (χ2n) is 6.57. The molecular weight excluding hydrogens is 216 g/mol. The molecule has 2 heterocycles. The Morgan fingerprint density at radius 2 is 2.00 bits per heavy atom. The van der Waals surface area contributed by atoms with Gasteiger partial charge in [0.15, 0.2) is 0 Å². The summed E-state index contributed by atoms with van der Waals surface area (Å²) in [7, 11) is 0. The molecule has 0 radical (unpaired) electrons. The van der Waals surface area contributed by atoms with Gasteiger partial charge in [0.1, 0.15) is 11.7 Å². The predicted octanol–water partition coefficient (Wildman–Crippen LogP) is 2.92. The molecule has 1 saturated carbocycles. The highest BCUT2D eigenvalue weighted by molar-refractivity contribution is 5.71. The van der Waals surface area contributed by atoms with E-state index >= 15 is 0 Å². The zero-order valence-corrected chi connectivity index (χ0v) is 11.6. The van der Waals surface area contributed by atoms with E-state index in [4.69, 9.17) is 9.47 Å². The van der Waals surface area contributed by atoms with Gasteiger partial charge in [-0.15, -0.1) is 0 Å². The first-order valence-corrected chi connectivity index (χ1v) is 6.65. The Bertz CT molecular complexity index is 321. The zero-order chi connectivity index (χ0) is 12.8. The highest BCUT2D eigenvalue weighted by Gasteiger charge is 2.55. The van der Waals surface area contributed by atoms with Gasteiger partial charge in [-0.3, -0.25) is 4.79 Å². The minimum absolute atomic E-state index is 0.0629. The molecule has 2 aliphatic heterocycles. The topological polar surface area (TPSA) is 35.5 Å². The van der Waals surface area contributed by atoms with Crippen LogP contribution in [-0.2, 0) is 14.3 Å². The van der Waals surface area contributed by atoms with Crippen LogP contribution in [0.4, 0.5) is 0 Å². The zero-order valence-electron chi connectivity index (χ0n) is 11.6. The first kappa shape index (κ1) is 12.9. The van der Waals surface area contributed by atoms with E-state index in [1.165, 1.54) is 6.42 Å². The van der Waals surface area contributed by atoms with Gasteiger partial charge in [-0.25, -0.2) is 0 Å². The van der Waals surface area contributed by atoms with Crippen molar-refractivity contribution in [3.8, 4) is 0 Å². The summed E-state index contributed by atoms with van der Waals surface area (Å²) in [6, 6.07) is 0. The largest absolute Gasteiger partial charge is 0.459 e. The maximum Gasteiger partial charge on any atom is 0.308 e. The molecule has 3 heteroatoms. The summed E-state index contributed by atoms with van der Waals surface area (Å²) in [4.78, 5) is 11.7. The quantitative estimate of drug-likeness (QED) is 0.696. The fraction of sp³-hybridized carbons (Fsp3) is 0.929. The Kier molecular flexibility index (Phi) is 3.01. The molecule has 2 saturated heterocycles. The normalized spacial score (nSPS) is 39.4. The van der Waals surface area contributed by atoms with Crippen LogP contribution in [0.25, 0.3) is 0 Å². The molecule has 2 bridgehead atoms. The highest BCUT2D eigenvalue weighted by Crippen LogP contribution is 2.50. The van der Waals surface area contributed by atoms with Crippen LogP contribution in [0.15, 0.2) is 0 Å². The van der Waals surface area contributed by atoms with Crippen molar-refractivity contribution in [3.63, 3.8) is 0 Å². The summed E-state index contributed by atoms with van der Waals surface area (Å²) in [5.74, 6) is 0.339. The molecule has 17 heavy (non-hydrogen) atoms. The number of esters is 1. The minimum atomic E-state index is -0.289. The van der Waals surface area contributed by atoms with Crippen LogP contribution in [0, 0.1) is 11.8 Å². The van der Waals surface area contributed by atoms with Gasteiger partial charge < -0.3 is 9.47 Å². The van der Waals surface area contributed by atoms with Gasteiger partial charge in [-0.1, -0.05) is 13.8 Å². The SMILES string of the molecule is CC(C)C(=O)O[C@@H]1C[C@@H]2CC[C@@]1(C)OC2(C)C. The van der Waals surface area contributed by atoms with E-state index < -0.39 is 0 Å². The summed E-state index contributed by atoms with van der Waals surface area (Å²) in [5, 5.41) is 0. The molecule has 1 aliphatic carbocycles. The highest BCUT2D eigenvalue weighted by atomic mass is 16.6. The molecule has 0 spiro atoms. The number of fused-ring (bicyclic) bond motifs is 3. The molecular formula is C14H24O3. The van der Waals surface area contributed by atoms with E-state index in [0.717, 1.165) is 12.8 Å². The Balaban J connectivity index is 2.10. The van der Waals surface area contributed by atoms with Crippen LogP contribution in [0.2, 0.25) is 0 Å². The fourth-order valence-corrected chi connectivity index (χ4v) is 3.13. The van der Waals surface area contributed by atoms with Gasteiger partial charge >= 0.3 is 5.97 Å². The van der Waals surface area contributed by atoms with E-state index in [1.807, 2.05) is 13.8 Å². The van der Waals surface area contributed by atoms with Crippen molar-refractivity contribution in [3.05, 3.63) is 0 Å². The van der Waals surface area contributed by atoms with Crippen molar-refractivity contribution in [1.82, 2.24) is 0 Å². The van der Waals surface area contributed by atoms with Crippen LogP contribution in [0.1, 0.15) is 53.9 Å². The molecule has 3 rings (SSSR count). The number of hydrogen-bond acceptors (Lipinski definition) is 3. The van der Waals surface area contributed by atoms with Gasteiger partial charge in [-0.2, -0.15) is 0 Å². The van der Waals surface area contributed by atoms with Crippen LogP contribution in [0.5, 0.6) is 0 Å². The summed E-state index contributed by atoms with van der Waals surface area (Å²) >= 11 is 0. The van der Waals surface area contributed by atoms with Crippen molar-refractivity contribution < 1.29 is 14.3 Å². The van der Waals surface area contributed by atoms with E-state index in [-0.39, 0.29) is 29.2 Å². The van der Waals surface area contributed by atoms with Crippen molar-refractivity contribution in [2.75, 3.05) is 0 Å². The van der Waals surface area contributed by atoms with Crippen LogP contribution in [-0.4, -0.2) is 23.3 Å². The Hall–Kier alpha value is -0.570. The predicted molar refractivity (Wildman–Crippen MR) is 65.6 cm³/mol.